The molecule has 0 radical (unpaired) electrons. The summed E-state index contributed by atoms with van der Waals surface area (Å²) in [6.07, 6.45) is 2.21. The summed E-state index contributed by atoms with van der Waals surface area (Å²) < 4.78 is 5.91. The molecule has 5 rings (SSSR count). The van der Waals surface area contributed by atoms with Gasteiger partial charge >= 0.3 is 5.97 Å². The van der Waals surface area contributed by atoms with Gasteiger partial charge in [0.2, 0.25) is 11.8 Å². The second kappa shape index (κ2) is 12.8. The Bertz CT molecular complexity index is 1720. The molecule has 2 aromatic heterocycles. The molecule has 3 aromatic carbocycles. The third-order valence-corrected chi connectivity index (χ3v) is 6.66. The number of fused-ring (bicyclic) bond motifs is 1. The number of carbonyl (C=O) groups is 3. The average molecular weight is 564 g/mol. The van der Waals surface area contributed by atoms with Gasteiger partial charge in [0.15, 0.2) is 5.58 Å². The van der Waals surface area contributed by atoms with E-state index in [9.17, 15) is 14.4 Å². The number of benzene rings is 3. The van der Waals surface area contributed by atoms with Gasteiger partial charge in [-0.2, -0.15) is 4.98 Å². The van der Waals surface area contributed by atoms with Gasteiger partial charge < -0.3 is 25.1 Å². The molecule has 0 bridgehead atoms. The topological polar surface area (TPSA) is 138 Å². The Kier molecular flexibility index (Phi) is 8.53. The highest BCUT2D eigenvalue weighted by Gasteiger charge is 2.19. The Hall–Kier alpha value is -5.51. The molecule has 0 fully saturated rings. The number of para-hydroxylation sites is 1. The van der Waals surface area contributed by atoms with Gasteiger partial charge in [-0.25, -0.2) is 4.79 Å². The summed E-state index contributed by atoms with van der Waals surface area (Å²) in [6.45, 7) is 2.10. The van der Waals surface area contributed by atoms with Crippen LogP contribution in [0, 0.1) is 6.92 Å². The minimum absolute atomic E-state index is 0.0556. The number of aromatic carboxylic acids is 1. The van der Waals surface area contributed by atoms with Crippen LogP contribution in [0.5, 0.6) is 0 Å². The molecule has 42 heavy (non-hydrogen) atoms. The largest absolute Gasteiger partial charge is 0.478 e. The van der Waals surface area contributed by atoms with Crippen molar-refractivity contribution in [3.05, 3.63) is 114 Å². The lowest BCUT2D eigenvalue weighted by molar-refractivity contribution is -0.134. The predicted octanol–water partition coefficient (Wildman–Crippen LogP) is 5.23. The molecule has 0 saturated carbocycles. The molecule has 5 aromatic rings. The van der Waals surface area contributed by atoms with E-state index in [4.69, 9.17) is 9.52 Å². The van der Waals surface area contributed by atoms with E-state index in [1.54, 1.807) is 18.3 Å². The molecule has 0 spiro atoms. The maximum atomic E-state index is 13.5. The molecule has 0 unspecified atom stereocenters. The summed E-state index contributed by atoms with van der Waals surface area (Å²) in [5, 5.41) is 15.0. The van der Waals surface area contributed by atoms with Crippen LogP contribution in [-0.2, 0) is 22.4 Å². The number of pyridine rings is 1. The van der Waals surface area contributed by atoms with Gasteiger partial charge in [0, 0.05) is 36.2 Å². The van der Waals surface area contributed by atoms with E-state index in [1.807, 2.05) is 55.5 Å². The van der Waals surface area contributed by atoms with E-state index < -0.39 is 11.9 Å². The molecular weight excluding hydrogens is 534 g/mol. The van der Waals surface area contributed by atoms with Gasteiger partial charge in [0.25, 0.3) is 6.01 Å². The van der Waals surface area contributed by atoms with Gasteiger partial charge in [-0.15, -0.1) is 0 Å². The lowest BCUT2D eigenvalue weighted by atomic mass is 10.1. The lowest BCUT2D eigenvalue weighted by Gasteiger charge is -2.22. The summed E-state index contributed by atoms with van der Waals surface area (Å²) in [7, 11) is 0. The number of carbonyl (C=O) groups excluding carboxylic acids is 2. The highest BCUT2D eigenvalue weighted by molar-refractivity contribution is 5.95. The quantitative estimate of drug-likeness (QED) is 0.199. The number of aromatic nitrogens is 2. The van der Waals surface area contributed by atoms with Crippen molar-refractivity contribution in [1.29, 1.82) is 0 Å². The van der Waals surface area contributed by atoms with E-state index in [-0.39, 0.29) is 31.0 Å². The smallest absolute Gasteiger partial charge is 0.335 e. The standard InChI is InChI=1S/C32H29N5O5/c1-21-6-2-3-8-26(21)35-32-36-27-14-9-22(18-28(27)42-32)19-30(39)37(17-15-24-7-4-5-16-33-24)20-29(38)34-25-12-10-23(11-13-25)31(40)41/h2-14,16,18H,15,17,19-20H2,1H3,(H,34,38)(H,35,36)(H,40,41). The molecule has 0 atom stereocenters. The van der Waals surface area contributed by atoms with E-state index in [0.29, 0.717) is 29.2 Å². The number of amides is 2. The van der Waals surface area contributed by atoms with Crippen LogP contribution in [0.1, 0.15) is 27.2 Å². The lowest BCUT2D eigenvalue weighted by Crippen LogP contribution is -2.40. The van der Waals surface area contributed by atoms with Crippen molar-refractivity contribution in [2.75, 3.05) is 23.7 Å². The van der Waals surface area contributed by atoms with Crippen LogP contribution in [-0.4, -0.2) is 50.8 Å². The fourth-order valence-electron chi connectivity index (χ4n) is 4.40. The SMILES string of the molecule is Cc1ccccc1Nc1nc2ccc(CC(=O)N(CCc3ccccn3)CC(=O)Nc3ccc(C(=O)O)cc3)cc2o1. The molecule has 0 aliphatic heterocycles. The number of oxazole rings is 1. The Labute approximate surface area is 242 Å². The van der Waals surface area contributed by atoms with Crippen LogP contribution in [0.15, 0.2) is 95.5 Å². The average Bonchev–Trinajstić information content (AvgIpc) is 3.39. The summed E-state index contributed by atoms with van der Waals surface area (Å²) in [5.41, 5.74) is 5.21. The second-order valence-electron chi connectivity index (χ2n) is 9.75. The predicted molar refractivity (Wildman–Crippen MR) is 159 cm³/mol. The number of carboxylic acid groups (broad SMARTS) is 1. The minimum Gasteiger partial charge on any atom is -0.478 e. The Balaban J connectivity index is 1.28. The Morgan fingerprint density at radius 3 is 2.48 bits per heavy atom. The van der Waals surface area contributed by atoms with Gasteiger partial charge in [0.1, 0.15) is 5.52 Å². The highest BCUT2D eigenvalue weighted by atomic mass is 16.4. The zero-order valence-corrected chi connectivity index (χ0v) is 22.9. The van der Waals surface area contributed by atoms with Crippen molar-refractivity contribution < 1.29 is 23.9 Å². The van der Waals surface area contributed by atoms with Crippen molar-refractivity contribution in [3.8, 4) is 0 Å². The highest BCUT2D eigenvalue weighted by Crippen LogP contribution is 2.25. The fraction of sp³-hybridized carbons (Fsp3) is 0.156. The van der Waals surface area contributed by atoms with Gasteiger partial charge in [0.05, 0.1) is 18.5 Å². The molecule has 3 N–H and O–H groups in total. The van der Waals surface area contributed by atoms with Crippen LogP contribution in [0.25, 0.3) is 11.1 Å². The van der Waals surface area contributed by atoms with Gasteiger partial charge in [-0.3, -0.25) is 14.6 Å². The van der Waals surface area contributed by atoms with Crippen molar-refractivity contribution in [3.63, 3.8) is 0 Å². The first-order chi connectivity index (χ1) is 20.3. The third-order valence-electron chi connectivity index (χ3n) is 6.66. The van der Waals surface area contributed by atoms with E-state index in [2.05, 4.69) is 20.6 Å². The molecule has 10 nitrogen and oxygen atoms in total. The van der Waals surface area contributed by atoms with E-state index >= 15 is 0 Å². The molecule has 2 amide bonds. The van der Waals surface area contributed by atoms with Gasteiger partial charge in [-0.05, 0) is 72.6 Å². The maximum absolute atomic E-state index is 13.5. The fourth-order valence-corrected chi connectivity index (χ4v) is 4.40. The number of hydrogen-bond acceptors (Lipinski definition) is 7. The molecule has 2 heterocycles. The number of anilines is 3. The number of aryl methyl sites for hydroxylation is 1. The number of nitrogens with one attached hydrogen (secondary N) is 2. The van der Waals surface area contributed by atoms with Crippen molar-refractivity contribution >= 4 is 46.3 Å². The van der Waals surface area contributed by atoms with Crippen molar-refractivity contribution in [2.45, 2.75) is 19.8 Å². The third kappa shape index (κ3) is 7.16. The van der Waals surface area contributed by atoms with Gasteiger partial charge in [-0.1, -0.05) is 30.3 Å². The van der Waals surface area contributed by atoms with Crippen LogP contribution >= 0.6 is 0 Å². The second-order valence-corrected chi connectivity index (χ2v) is 9.75. The Morgan fingerprint density at radius 2 is 1.74 bits per heavy atom. The monoisotopic (exact) mass is 563 g/mol. The first-order valence-corrected chi connectivity index (χ1v) is 13.4. The van der Waals surface area contributed by atoms with E-state index in [1.165, 1.54) is 29.2 Å². The maximum Gasteiger partial charge on any atom is 0.335 e. The zero-order valence-electron chi connectivity index (χ0n) is 22.9. The number of nitrogens with zero attached hydrogens (tertiary/aromatic N) is 3. The number of hydrogen-bond donors (Lipinski definition) is 3. The normalized spacial score (nSPS) is 10.8. The molecule has 10 heteroatoms. The first-order valence-electron chi connectivity index (χ1n) is 13.4. The molecule has 0 aliphatic rings. The zero-order chi connectivity index (χ0) is 29.5. The van der Waals surface area contributed by atoms with Crippen LogP contribution in [0.3, 0.4) is 0 Å². The Morgan fingerprint density at radius 1 is 0.952 bits per heavy atom. The summed E-state index contributed by atoms with van der Waals surface area (Å²) in [5.74, 6) is -1.69. The molecule has 0 aliphatic carbocycles. The minimum atomic E-state index is -1.05. The van der Waals surface area contributed by atoms with Crippen molar-refractivity contribution in [1.82, 2.24) is 14.9 Å². The summed E-state index contributed by atoms with van der Waals surface area (Å²) in [4.78, 5) is 47.8. The summed E-state index contributed by atoms with van der Waals surface area (Å²) >= 11 is 0. The van der Waals surface area contributed by atoms with E-state index in [0.717, 1.165) is 22.5 Å². The van der Waals surface area contributed by atoms with Crippen LogP contribution < -0.4 is 10.6 Å². The molecular formula is C32H29N5O5. The number of carboxylic acids is 1. The molecule has 212 valence electrons. The molecule has 0 saturated heterocycles. The number of rotatable bonds is 11. The van der Waals surface area contributed by atoms with Crippen LogP contribution in [0.4, 0.5) is 17.4 Å². The van der Waals surface area contributed by atoms with Crippen molar-refractivity contribution in [2.24, 2.45) is 0 Å². The summed E-state index contributed by atoms with van der Waals surface area (Å²) in [6, 6.07) is 25.0. The first kappa shape index (κ1) is 28.0. The van der Waals surface area contributed by atoms with Crippen LogP contribution in [0.2, 0.25) is 0 Å².